The minimum Gasteiger partial charge on any atom is -0.382 e. The molecule has 1 aliphatic rings. The van der Waals surface area contributed by atoms with Gasteiger partial charge in [0.15, 0.2) is 11.5 Å². The summed E-state index contributed by atoms with van der Waals surface area (Å²) in [7, 11) is 2.01. The maximum atomic E-state index is 13.6. The number of hydrogen-bond donors (Lipinski definition) is 2. The second kappa shape index (κ2) is 9.40. The molecule has 0 radical (unpaired) electrons. The van der Waals surface area contributed by atoms with Crippen molar-refractivity contribution in [3.8, 4) is 22.5 Å². The van der Waals surface area contributed by atoms with Crippen LogP contribution in [0.5, 0.6) is 0 Å². The molecule has 0 saturated carbocycles. The van der Waals surface area contributed by atoms with Crippen molar-refractivity contribution in [2.75, 3.05) is 39.0 Å². The van der Waals surface area contributed by atoms with Crippen LogP contribution >= 0.6 is 0 Å². The van der Waals surface area contributed by atoms with Gasteiger partial charge in [-0.3, -0.25) is 4.79 Å². The van der Waals surface area contributed by atoms with Crippen LogP contribution in [0.2, 0.25) is 0 Å². The third-order valence-electron chi connectivity index (χ3n) is 6.05. The Morgan fingerprint density at radius 1 is 1.17 bits per heavy atom. The van der Waals surface area contributed by atoms with Gasteiger partial charge in [0.2, 0.25) is 0 Å². The van der Waals surface area contributed by atoms with Gasteiger partial charge in [0.25, 0.3) is 5.91 Å². The lowest BCUT2D eigenvalue weighted by Crippen LogP contribution is -2.46. The number of morpholine rings is 1. The lowest BCUT2D eigenvalue weighted by atomic mass is 10.0. The molecule has 1 atom stereocenters. The number of carbonyl (C=O) groups is 1. The number of imidazole rings is 1. The van der Waals surface area contributed by atoms with Crippen LogP contribution in [0.15, 0.2) is 48.8 Å². The first-order chi connectivity index (χ1) is 16.9. The average Bonchev–Trinajstić information content (AvgIpc) is 3.23. The molecular formula is C25H26FN7O2. The van der Waals surface area contributed by atoms with E-state index in [0.29, 0.717) is 30.1 Å². The van der Waals surface area contributed by atoms with Crippen LogP contribution in [-0.4, -0.2) is 69.6 Å². The third kappa shape index (κ3) is 4.71. The van der Waals surface area contributed by atoms with Gasteiger partial charge in [-0.15, -0.1) is 0 Å². The highest BCUT2D eigenvalue weighted by molar-refractivity contribution is 5.98. The van der Waals surface area contributed by atoms with Crippen molar-refractivity contribution in [3.63, 3.8) is 0 Å². The van der Waals surface area contributed by atoms with E-state index in [-0.39, 0.29) is 23.4 Å². The molecule has 10 heteroatoms. The zero-order valence-electron chi connectivity index (χ0n) is 19.5. The molecule has 9 nitrogen and oxygen atoms in total. The van der Waals surface area contributed by atoms with E-state index in [2.05, 4.69) is 25.2 Å². The van der Waals surface area contributed by atoms with Crippen molar-refractivity contribution in [3.05, 3.63) is 66.0 Å². The molecule has 35 heavy (non-hydrogen) atoms. The van der Waals surface area contributed by atoms with Gasteiger partial charge in [0.05, 0.1) is 24.1 Å². The number of nitrogens with one attached hydrogen (secondary N) is 1. The zero-order valence-corrected chi connectivity index (χ0v) is 19.5. The van der Waals surface area contributed by atoms with Crippen LogP contribution < -0.4 is 11.1 Å². The second-order valence-electron chi connectivity index (χ2n) is 8.67. The largest absolute Gasteiger partial charge is 0.382 e. The number of likely N-dealkylation sites (N-methyl/N-ethyl adjacent to an activating group) is 1. The number of nitrogens with zero attached hydrogens (tertiary/aromatic N) is 5. The molecule has 3 aromatic heterocycles. The molecule has 1 saturated heterocycles. The van der Waals surface area contributed by atoms with E-state index in [1.807, 2.05) is 36.7 Å². The summed E-state index contributed by atoms with van der Waals surface area (Å²) in [5, 5.41) is 2.87. The Kier molecular flexibility index (Phi) is 6.14. The van der Waals surface area contributed by atoms with E-state index in [1.165, 1.54) is 12.1 Å². The number of nitrogens with two attached hydrogens (primary N) is 1. The molecule has 1 aliphatic heterocycles. The summed E-state index contributed by atoms with van der Waals surface area (Å²) in [6, 6.07) is 9.65. The van der Waals surface area contributed by atoms with Gasteiger partial charge in [0, 0.05) is 48.8 Å². The Hall–Kier alpha value is -3.89. The molecule has 1 aromatic carbocycles. The van der Waals surface area contributed by atoms with Gasteiger partial charge in [-0.25, -0.2) is 19.3 Å². The lowest BCUT2D eigenvalue weighted by Gasteiger charge is -2.30. The summed E-state index contributed by atoms with van der Waals surface area (Å²) in [4.78, 5) is 28.8. The summed E-state index contributed by atoms with van der Waals surface area (Å²) < 4.78 is 21.2. The van der Waals surface area contributed by atoms with Crippen LogP contribution in [0.25, 0.3) is 28.2 Å². The fraction of sp³-hybridized carbons (Fsp3) is 0.280. The normalized spacial score (nSPS) is 16.5. The standard InChI is InChI=1S/C25H26FN7O2/c1-15-11-28-20-8-5-17(13-33(15)20)22-21(16-3-6-18(26)7-4-16)31-24(27)23(30-22)25(34)29-12-19-14-32(2)9-10-35-19/h3-8,11,13,19H,9-10,12,14H2,1-2H3,(H2,27,31)(H,29,34). The summed E-state index contributed by atoms with van der Waals surface area (Å²) in [6.45, 7) is 4.48. The topological polar surface area (TPSA) is 111 Å². The van der Waals surface area contributed by atoms with Crippen LogP contribution in [-0.2, 0) is 4.74 Å². The predicted octanol–water partition coefficient (Wildman–Crippen LogP) is 2.55. The van der Waals surface area contributed by atoms with E-state index >= 15 is 0 Å². The van der Waals surface area contributed by atoms with Crippen molar-refractivity contribution in [1.82, 2.24) is 29.6 Å². The number of aromatic nitrogens is 4. The fourth-order valence-corrected chi connectivity index (χ4v) is 4.15. The number of carbonyl (C=O) groups excluding carboxylic acids is 1. The summed E-state index contributed by atoms with van der Waals surface area (Å²) in [5.41, 5.74) is 10.2. The van der Waals surface area contributed by atoms with Crippen LogP contribution in [0.1, 0.15) is 16.2 Å². The smallest absolute Gasteiger partial charge is 0.273 e. The molecule has 0 aliphatic carbocycles. The number of ether oxygens (including phenoxy) is 1. The Morgan fingerprint density at radius 2 is 1.91 bits per heavy atom. The second-order valence-corrected chi connectivity index (χ2v) is 8.67. The Labute approximate surface area is 201 Å². The van der Waals surface area contributed by atoms with Crippen molar-refractivity contribution < 1.29 is 13.9 Å². The maximum absolute atomic E-state index is 13.6. The SMILES string of the molecule is Cc1cnc2ccc(-c3nc(C(=O)NCC4CN(C)CCO4)c(N)nc3-c3ccc(F)cc3)cn12. The van der Waals surface area contributed by atoms with E-state index in [4.69, 9.17) is 10.5 Å². The number of nitrogen functional groups attached to an aromatic ring is 1. The molecule has 5 rings (SSSR count). The molecule has 0 bridgehead atoms. The van der Waals surface area contributed by atoms with Crippen LogP contribution in [0, 0.1) is 12.7 Å². The number of benzene rings is 1. The number of hydrogen-bond acceptors (Lipinski definition) is 7. The number of halogens is 1. The summed E-state index contributed by atoms with van der Waals surface area (Å²) in [5.74, 6) is -0.802. The maximum Gasteiger partial charge on any atom is 0.273 e. The average molecular weight is 476 g/mol. The highest BCUT2D eigenvalue weighted by Crippen LogP contribution is 2.31. The molecule has 0 spiro atoms. The number of aryl methyl sites for hydroxylation is 1. The third-order valence-corrected chi connectivity index (χ3v) is 6.05. The van der Waals surface area contributed by atoms with Crippen LogP contribution in [0.4, 0.5) is 10.2 Å². The van der Waals surface area contributed by atoms with Gasteiger partial charge in [-0.05, 0) is 50.4 Å². The molecule has 1 amide bonds. The first kappa shape index (κ1) is 22.9. The molecule has 3 N–H and O–H groups in total. The molecule has 4 heterocycles. The number of fused-ring (bicyclic) bond motifs is 1. The molecule has 1 unspecified atom stereocenters. The van der Waals surface area contributed by atoms with E-state index in [1.54, 1.807) is 18.3 Å². The van der Waals surface area contributed by atoms with Crippen molar-refractivity contribution >= 4 is 17.4 Å². The van der Waals surface area contributed by atoms with Crippen LogP contribution in [0.3, 0.4) is 0 Å². The first-order valence-corrected chi connectivity index (χ1v) is 11.3. The molecule has 4 aromatic rings. The van der Waals surface area contributed by atoms with E-state index < -0.39 is 5.91 Å². The van der Waals surface area contributed by atoms with E-state index in [9.17, 15) is 9.18 Å². The first-order valence-electron chi connectivity index (χ1n) is 11.3. The highest BCUT2D eigenvalue weighted by Gasteiger charge is 2.23. The Balaban J connectivity index is 1.54. The van der Waals surface area contributed by atoms with Gasteiger partial charge in [-0.2, -0.15) is 0 Å². The summed E-state index contributed by atoms with van der Waals surface area (Å²) in [6.07, 6.45) is 3.55. The predicted molar refractivity (Wildman–Crippen MR) is 130 cm³/mol. The minimum absolute atomic E-state index is 0.00727. The number of pyridine rings is 1. The van der Waals surface area contributed by atoms with Crippen molar-refractivity contribution in [2.45, 2.75) is 13.0 Å². The Morgan fingerprint density at radius 3 is 2.69 bits per heavy atom. The van der Waals surface area contributed by atoms with Gasteiger partial charge >= 0.3 is 0 Å². The van der Waals surface area contributed by atoms with Gasteiger partial charge in [0.1, 0.15) is 11.5 Å². The fourth-order valence-electron chi connectivity index (χ4n) is 4.15. The minimum atomic E-state index is -0.432. The summed E-state index contributed by atoms with van der Waals surface area (Å²) >= 11 is 0. The molecular weight excluding hydrogens is 449 g/mol. The molecule has 1 fully saturated rings. The quantitative estimate of drug-likeness (QED) is 0.456. The number of amides is 1. The van der Waals surface area contributed by atoms with Crippen molar-refractivity contribution in [2.24, 2.45) is 0 Å². The molecule has 180 valence electrons. The lowest BCUT2D eigenvalue weighted by molar-refractivity contribution is -0.0175. The Bertz CT molecular complexity index is 1390. The zero-order chi connectivity index (χ0) is 24.5. The van der Waals surface area contributed by atoms with Crippen molar-refractivity contribution in [1.29, 1.82) is 0 Å². The van der Waals surface area contributed by atoms with E-state index in [0.717, 1.165) is 30.0 Å². The highest BCUT2D eigenvalue weighted by atomic mass is 19.1. The van der Waals surface area contributed by atoms with Gasteiger partial charge in [-0.1, -0.05) is 0 Å². The number of rotatable bonds is 5. The van der Waals surface area contributed by atoms with Gasteiger partial charge < -0.3 is 25.1 Å². The number of anilines is 1. The monoisotopic (exact) mass is 475 g/mol.